The van der Waals surface area contributed by atoms with Crippen molar-refractivity contribution in [2.45, 2.75) is 45.1 Å². The van der Waals surface area contributed by atoms with Crippen molar-refractivity contribution in [2.75, 3.05) is 13.6 Å². The molecular weight excluding hydrogens is 314 g/mol. The van der Waals surface area contributed by atoms with Gasteiger partial charge in [0.05, 0.1) is 6.54 Å². The van der Waals surface area contributed by atoms with Crippen LogP contribution in [-0.2, 0) is 11.3 Å². The molecule has 0 unspecified atom stereocenters. The molecule has 0 spiro atoms. The van der Waals surface area contributed by atoms with Crippen molar-refractivity contribution in [2.24, 2.45) is 23.2 Å². The Balaban J connectivity index is 0.00000144. The normalized spacial score (nSPS) is 35.6. The van der Waals surface area contributed by atoms with Gasteiger partial charge in [-0.15, -0.1) is 23.7 Å². The van der Waals surface area contributed by atoms with Crippen LogP contribution in [0.2, 0.25) is 0 Å². The van der Waals surface area contributed by atoms with Gasteiger partial charge >= 0.3 is 0 Å². The van der Waals surface area contributed by atoms with E-state index in [1.54, 1.807) is 11.3 Å². The van der Waals surface area contributed by atoms with Gasteiger partial charge in [0.1, 0.15) is 0 Å². The summed E-state index contributed by atoms with van der Waals surface area (Å²) in [5.74, 6) is 3.13. The van der Waals surface area contributed by atoms with Crippen LogP contribution in [-0.4, -0.2) is 24.3 Å². The third-order valence-corrected chi connectivity index (χ3v) is 6.91. The molecule has 1 aromatic rings. The van der Waals surface area contributed by atoms with Gasteiger partial charge in [0.15, 0.2) is 5.78 Å². The fourth-order valence-corrected chi connectivity index (χ4v) is 6.37. The zero-order valence-corrected chi connectivity index (χ0v) is 14.9. The predicted molar refractivity (Wildman–Crippen MR) is 93.5 cm³/mol. The molecule has 0 amide bonds. The number of halogens is 1. The van der Waals surface area contributed by atoms with Crippen LogP contribution in [0.25, 0.3) is 0 Å². The summed E-state index contributed by atoms with van der Waals surface area (Å²) < 4.78 is 0. The van der Waals surface area contributed by atoms with Crippen molar-refractivity contribution in [3.8, 4) is 0 Å². The SMILES string of the molecule is CN(CC(=O)C12CC3CC(CC(C3)C1)C2)Cc1cccs1.Cl. The Bertz CT molecular complexity index is 492. The molecule has 0 N–H and O–H groups in total. The average Bonchev–Trinajstić information content (AvgIpc) is 2.89. The zero-order valence-electron chi connectivity index (χ0n) is 13.3. The lowest BCUT2D eigenvalue weighted by atomic mass is 9.48. The molecule has 0 saturated heterocycles. The van der Waals surface area contributed by atoms with Crippen LogP contribution in [0.5, 0.6) is 0 Å². The van der Waals surface area contributed by atoms with E-state index in [9.17, 15) is 4.79 Å². The van der Waals surface area contributed by atoms with Gasteiger partial charge in [0.25, 0.3) is 0 Å². The Kier molecular flexibility index (Phi) is 4.69. The third-order valence-electron chi connectivity index (χ3n) is 6.05. The fraction of sp³-hybridized carbons (Fsp3) is 0.722. The molecule has 4 aliphatic carbocycles. The predicted octanol–water partition coefficient (Wildman–Crippen LogP) is 4.39. The van der Waals surface area contributed by atoms with Crippen molar-refractivity contribution in [3.05, 3.63) is 22.4 Å². The lowest BCUT2D eigenvalue weighted by Crippen LogP contribution is -2.52. The molecule has 0 atom stereocenters. The van der Waals surface area contributed by atoms with Gasteiger partial charge in [0.2, 0.25) is 0 Å². The number of hydrogen-bond acceptors (Lipinski definition) is 3. The minimum absolute atomic E-state index is 0. The number of carbonyl (C=O) groups excluding carboxylic acids is 1. The van der Waals surface area contributed by atoms with Gasteiger partial charge in [-0.1, -0.05) is 6.07 Å². The number of nitrogens with zero attached hydrogens (tertiary/aromatic N) is 1. The first-order valence-electron chi connectivity index (χ1n) is 8.37. The Hall–Kier alpha value is -0.380. The third kappa shape index (κ3) is 3.00. The fourth-order valence-electron chi connectivity index (χ4n) is 5.59. The highest BCUT2D eigenvalue weighted by Gasteiger charge is 2.54. The molecule has 0 aliphatic heterocycles. The number of carbonyl (C=O) groups is 1. The van der Waals surface area contributed by atoms with Crippen LogP contribution in [0.15, 0.2) is 17.5 Å². The first-order valence-corrected chi connectivity index (χ1v) is 9.25. The summed E-state index contributed by atoms with van der Waals surface area (Å²) in [7, 11) is 2.10. The van der Waals surface area contributed by atoms with Crippen molar-refractivity contribution < 1.29 is 4.79 Å². The van der Waals surface area contributed by atoms with Crippen LogP contribution in [0.4, 0.5) is 0 Å². The van der Waals surface area contributed by atoms with E-state index < -0.39 is 0 Å². The largest absolute Gasteiger partial charge is 0.298 e. The molecule has 0 radical (unpaired) electrons. The topological polar surface area (TPSA) is 20.3 Å². The minimum atomic E-state index is 0. The minimum Gasteiger partial charge on any atom is -0.298 e. The van der Waals surface area contributed by atoms with E-state index in [0.717, 1.165) is 24.3 Å². The summed E-state index contributed by atoms with van der Waals surface area (Å²) in [6.07, 6.45) is 7.84. The standard InChI is InChI=1S/C18H25NOS.ClH/c1-19(11-16-3-2-4-21-16)12-17(20)18-8-13-5-14(9-18)7-15(6-13)10-18;/h2-4,13-15H,5-12H2,1H3;1H. The number of rotatable bonds is 5. The monoisotopic (exact) mass is 339 g/mol. The highest BCUT2D eigenvalue weighted by atomic mass is 35.5. The highest BCUT2D eigenvalue weighted by molar-refractivity contribution is 7.09. The maximum atomic E-state index is 13.0. The lowest BCUT2D eigenvalue weighted by Gasteiger charge is -2.56. The maximum absolute atomic E-state index is 13.0. The first-order chi connectivity index (χ1) is 10.1. The number of Topliss-reactive ketones (excluding diaryl/α,β-unsaturated/α-hetero) is 1. The summed E-state index contributed by atoms with van der Waals surface area (Å²) in [6, 6.07) is 4.26. The van der Waals surface area contributed by atoms with Crippen molar-refractivity contribution >= 4 is 29.5 Å². The van der Waals surface area contributed by atoms with E-state index in [1.807, 2.05) is 0 Å². The van der Waals surface area contributed by atoms with Gasteiger partial charge in [-0.05, 0) is 74.8 Å². The Morgan fingerprint density at radius 1 is 1.23 bits per heavy atom. The van der Waals surface area contributed by atoms with Crippen molar-refractivity contribution in [3.63, 3.8) is 0 Å². The van der Waals surface area contributed by atoms with Gasteiger partial charge in [0, 0.05) is 16.8 Å². The smallest absolute Gasteiger partial charge is 0.152 e. The number of likely N-dealkylation sites (N-methyl/N-ethyl adjacent to an activating group) is 1. The molecule has 4 saturated carbocycles. The van der Waals surface area contributed by atoms with E-state index in [1.165, 1.54) is 43.4 Å². The van der Waals surface area contributed by atoms with Crippen LogP contribution in [0, 0.1) is 23.2 Å². The molecule has 1 heterocycles. The Labute approximate surface area is 143 Å². The molecule has 2 nitrogen and oxygen atoms in total. The number of thiophene rings is 1. The summed E-state index contributed by atoms with van der Waals surface area (Å²) >= 11 is 1.78. The molecule has 0 aromatic carbocycles. The molecule has 122 valence electrons. The molecule has 22 heavy (non-hydrogen) atoms. The number of hydrogen-bond donors (Lipinski definition) is 0. The molecule has 1 aromatic heterocycles. The molecule has 4 bridgehead atoms. The van der Waals surface area contributed by atoms with Gasteiger partial charge in [-0.25, -0.2) is 0 Å². The molecule has 4 aliphatic rings. The summed E-state index contributed by atoms with van der Waals surface area (Å²) in [4.78, 5) is 16.6. The highest BCUT2D eigenvalue weighted by Crippen LogP contribution is 2.60. The van der Waals surface area contributed by atoms with Crippen molar-refractivity contribution in [1.29, 1.82) is 0 Å². The second-order valence-corrected chi connectivity index (χ2v) is 8.90. The summed E-state index contributed by atoms with van der Waals surface area (Å²) in [6.45, 7) is 1.56. The summed E-state index contributed by atoms with van der Waals surface area (Å²) in [5, 5.41) is 2.12. The Morgan fingerprint density at radius 3 is 2.32 bits per heavy atom. The Morgan fingerprint density at radius 2 is 1.82 bits per heavy atom. The van der Waals surface area contributed by atoms with Crippen LogP contribution >= 0.6 is 23.7 Å². The van der Waals surface area contributed by atoms with E-state index in [4.69, 9.17) is 0 Å². The number of ketones is 1. The van der Waals surface area contributed by atoms with Gasteiger partial charge in [-0.3, -0.25) is 9.69 Å². The second-order valence-electron chi connectivity index (χ2n) is 7.87. The zero-order chi connectivity index (χ0) is 14.4. The second kappa shape index (κ2) is 6.26. The maximum Gasteiger partial charge on any atom is 0.152 e. The van der Waals surface area contributed by atoms with E-state index in [-0.39, 0.29) is 17.8 Å². The van der Waals surface area contributed by atoms with Gasteiger partial charge in [-0.2, -0.15) is 0 Å². The van der Waals surface area contributed by atoms with Crippen molar-refractivity contribution in [1.82, 2.24) is 4.90 Å². The van der Waals surface area contributed by atoms with Crippen LogP contribution in [0.1, 0.15) is 43.4 Å². The molecule has 5 rings (SSSR count). The summed E-state index contributed by atoms with van der Waals surface area (Å²) in [5.41, 5.74) is 0.0679. The van der Waals surface area contributed by atoms with E-state index >= 15 is 0 Å². The van der Waals surface area contributed by atoms with Crippen LogP contribution in [0.3, 0.4) is 0 Å². The quantitative estimate of drug-likeness (QED) is 0.793. The lowest BCUT2D eigenvalue weighted by molar-refractivity contribution is -0.144. The van der Waals surface area contributed by atoms with E-state index in [2.05, 4.69) is 29.5 Å². The van der Waals surface area contributed by atoms with E-state index in [0.29, 0.717) is 12.3 Å². The molecular formula is C18H26ClNOS. The molecule has 4 fully saturated rings. The van der Waals surface area contributed by atoms with Gasteiger partial charge < -0.3 is 0 Å². The van der Waals surface area contributed by atoms with Crippen LogP contribution < -0.4 is 0 Å². The molecule has 4 heteroatoms. The average molecular weight is 340 g/mol. The first kappa shape index (κ1) is 16.5.